The molecule has 74 valence electrons. The van der Waals surface area contributed by atoms with Gasteiger partial charge in [-0.25, -0.2) is 0 Å². The van der Waals surface area contributed by atoms with Crippen LogP contribution in [-0.4, -0.2) is 37.1 Å². The summed E-state index contributed by atoms with van der Waals surface area (Å²) in [5.41, 5.74) is 3.25. The Labute approximate surface area is 85.1 Å². The molecule has 0 atom stereocenters. The molecule has 0 unspecified atom stereocenters. The summed E-state index contributed by atoms with van der Waals surface area (Å²) in [6.45, 7) is 5.86. The highest BCUT2D eigenvalue weighted by atomic mass is 15.5. The molecule has 1 aromatic rings. The minimum Gasteiger partial charge on any atom is -0.359 e. The first-order valence-corrected chi connectivity index (χ1v) is 5.23. The van der Waals surface area contributed by atoms with Gasteiger partial charge in [0.2, 0.25) is 0 Å². The first-order valence-electron chi connectivity index (χ1n) is 5.23. The van der Waals surface area contributed by atoms with Crippen molar-refractivity contribution in [3.05, 3.63) is 29.8 Å². The topological polar surface area (TPSA) is 6.25 Å². The molecule has 0 amide bonds. The molecule has 1 aromatic carbocycles. The lowest BCUT2D eigenvalue weighted by atomic mass is 10.0. The number of anilines is 1. The molecule has 2 nitrogen and oxygen atoms in total. The van der Waals surface area contributed by atoms with Gasteiger partial charge in [0.1, 0.15) is 0 Å². The Kier molecular flexibility index (Phi) is 1.49. The van der Waals surface area contributed by atoms with Crippen molar-refractivity contribution in [2.75, 3.05) is 31.6 Å². The first-order chi connectivity index (χ1) is 6.70. The first kappa shape index (κ1) is 8.30. The molecule has 2 aliphatic heterocycles. The summed E-state index contributed by atoms with van der Waals surface area (Å²) in [6, 6.07) is 8.87. The summed E-state index contributed by atoms with van der Waals surface area (Å²) in [6.07, 6.45) is 0. The zero-order chi connectivity index (χ0) is 9.76. The standard InChI is InChI=1S/C12H16N2/c1-10-3-5-11(6-4-10)14-9-12(14)7-13(2)8-12/h3-6H,7-9H2,1-2H3. The molecule has 14 heavy (non-hydrogen) atoms. The van der Waals surface area contributed by atoms with Gasteiger partial charge in [-0.3, -0.25) is 0 Å². The molecule has 0 radical (unpaired) electrons. The maximum Gasteiger partial charge on any atom is 0.0830 e. The molecular weight excluding hydrogens is 172 g/mol. The molecule has 2 heteroatoms. The number of likely N-dealkylation sites (N-methyl/N-ethyl adjacent to an activating group) is 1. The molecule has 1 spiro atoms. The molecule has 0 saturated carbocycles. The number of aryl methyl sites for hydroxylation is 1. The normalized spacial score (nSPS) is 23.7. The van der Waals surface area contributed by atoms with Crippen molar-refractivity contribution in [1.82, 2.24) is 4.90 Å². The lowest BCUT2D eigenvalue weighted by Gasteiger charge is -2.37. The number of nitrogens with zero attached hydrogens (tertiary/aromatic N) is 2. The van der Waals surface area contributed by atoms with Gasteiger partial charge in [0.15, 0.2) is 0 Å². The van der Waals surface area contributed by atoms with E-state index in [9.17, 15) is 0 Å². The highest BCUT2D eigenvalue weighted by molar-refractivity contribution is 5.60. The van der Waals surface area contributed by atoms with Crippen LogP contribution in [-0.2, 0) is 0 Å². The highest BCUT2D eigenvalue weighted by Crippen LogP contribution is 2.43. The van der Waals surface area contributed by atoms with Gasteiger partial charge in [-0.15, -0.1) is 0 Å². The van der Waals surface area contributed by atoms with Gasteiger partial charge in [-0.05, 0) is 26.1 Å². The van der Waals surface area contributed by atoms with Crippen molar-refractivity contribution >= 4 is 5.69 Å². The van der Waals surface area contributed by atoms with Gasteiger partial charge in [0, 0.05) is 25.3 Å². The minimum absolute atomic E-state index is 0.518. The van der Waals surface area contributed by atoms with E-state index in [1.165, 1.54) is 30.9 Å². The molecule has 2 saturated heterocycles. The third-order valence-corrected chi connectivity index (χ3v) is 3.40. The van der Waals surface area contributed by atoms with Crippen LogP contribution < -0.4 is 4.90 Å². The molecule has 0 N–H and O–H groups in total. The zero-order valence-corrected chi connectivity index (χ0v) is 8.83. The predicted octanol–water partition coefficient (Wildman–Crippen LogP) is 1.50. The highest BCUT2D eigenvalue weighted by Gasteiger charge is 2.58. The molecule has 0 bridgehead atoms. The number of hydrogen-bond donors (Lipinski definition) is 0. The second kappa shape index (κ2) is 2.51. The van der Waals surface area contributed by atoms with E-state index in [4.69, 9.17) is 0 Å². The van der Waals surface area contributed by atoms with E-state index in [0.29, 0.717) is 5.54 Å². The van der Waals surface area contributed by atoms with Crippen LogP contribution in [0.15, 0.2) is 24.3 Å². The van der Waals surface area contributed by atoms with Crippen molar-refractivity contribution in [3.8, 4) is 0 Å². The second-order valence-corrected chi connectivity index (χ2v) is 4.82. The average molecular weight is 188 g/mol. The Morgan fingerprint density at radius 1 is 1.07 bits per heavy atom. The monoisotopic (exact) mass is 188 g/mol. The van der Waals surface area contributed by atoms with Gasteiger partial charge < -0.3 is 9.80 Å². The van der Waals surface area contributed by atoms with Gasteiger partial charge in [0.25, 0.3) is 0 Å². The van der Waals surface area contributed by atoms with Gasteiger partial charge in [-0.2, -0.15) is 0 Å². The molecular formula is C12H16N2. The third-order valence-electron chi connectivity index (χ3n) is 3.40. The van der Waals surface area contributed by atoms with Crippen LogP contribution in [0.5, 0.6) is 0 Å². The SMILES string of the molecule is Cc1ccc(N2CC23CN(C)C3)cc1. The summed E-state index contributed by atoms with van der Waals surface area (Å²) in [5.74, 6) is 0. The van der Waals surface area contributed by atoms with Crippen LogP contribution >= 0.6 is 0 Å². The molecule has 2 fully saturated rings. The van der Waals surface area contributed by atoms with Gasteiger partial charge >= 0.3 is 0 Å². The molecule has 0 aromatic heterocycles. The average Bonchev–Trinajstić information content (AvgIpc) is 2.81. The van der Waals surface area contributed by atoms with Crippen LogP contribution in [0.3, 0.4) is 0 Å². The lowest BCUT2D eigenvalue weighted by molar-refractivity contribution is 0.176. The Bertz CT molecular complexity index is 349. The number of benzene rings is 1. The number of hydrogen-bond acceptors (Lipinski definition) is 2. The summed E-state index contributed by atoms with van der Waals surface area (Å²) in [5, 5.41) is 0. The van der Waals surface area contributed by atoms with E-state index < -0.39 is 0 Å². The Morgan fingerprint density at radius 2 is 1.71 bits per heavy atom. The summed E-state index contributed by atoms with van der Waals surface area (Å²) in [4.78, 5) is 4.90. The molecule has 2 aliphatic rings. The fourth-order valence-corrected chi connectivity index (χ4v) is 2.58. The fourth-order valence-electron chi connectivity index (χ4n) is 2.58. The van der Waals surface area contributed by atoms with E-state index in [2.05, 4.69) is 48.0 Å². The minimum atomic E-state index is 0.518. The van der Waals surface area contributed by atoms with Crippen molar-refractivity contribution in [2.24, 2.45) is 0 Å². The summed E-state index contributed by atoms with van der Waals surface area (Å²) in [7, 11) is 2.19. The van der Waals surface area contributed by atoms with E-state index in [1.807, 2.05) is 0 Å². The number of likely N-dealkylation sites (tertiary alicyclic amines) is 1. The second-order valence-electron chi connectivity index (χ2n) is 4.82. The summed E-state index contributed by atoms with van der Waals surface area (Å²) < 4.78 is 0. The smallest absolute Gasteiger partial charge is 0.0830 e. The largest absolute Gasteiger partial charge is 0.359 e. The van der Waals surface area contributed by atoms with E-state index >= 15 is 0 Å². The van der Waals surface area contributed by atoms with Crippen molar-refractivity contribution in [3.63, 3.8) is 0 Å². The Balaban J connectivity index is 1.77. The lowest BCUT2D eigenvalue weighted by Crippen LogP contribution is -2.54. The number of rotatable bonds is 1. The van der Waals surface area contributed by atoms with E-state index in [-0.39, 0.29) is 0 Å². The zero-order valence-electron chi connectivity index (χ0n) is 8.83. The van der Waals surface area contributed by atoms with Crippen LogP contribution in [0.4, 0.5) is 5.69 Å². The van der Waals surface area contributed by atoms with Crippen molar-refractivity contribution < 1.29 is 0 Å². The van der Waals surface area contributed by atoms with Crippen molar-refractivity contribution in [1.29, 1.82) is 0 Å². The van der Waals surface area contributed by atoms with E-state index in [1.54, 1.807) is 0 Å². The third kappa shape index (κ3) is 1.07. The predicted molar refractivity (Wildman–Crippen MR) is 58.8 cm³/mol. The van der Waals surface area contributed by atoms with Gasteiger partial charge in [0.05, 0.1) is 5.54 Å². The fraction of sp³-hybridized carbons (Fsp3) is 0.500. The maximum absolute atomic E-state index is 2.52. The maximum atomic E-state index is 2.52. The molecule has 0 aliphatic carbocycles. The van der Waals surface area contributed by atoms with Crippen LogP contribution in [0, 0.1) is 6.92 Å². The quantitative estimate of drug-likeness (QED) is 0.616. The Morgan fingerprint density at radius 3 is 2.29 bits per heavy atom. The van der Waals surface area contributed by atoms with E-state index in [0.717, 1.165) is 0 Å². The summed E-state index contributed by atoms with van der Waals surface area (Å²) >= 11 is 0. The van der Waals surface area contributed by atoms with Crippen LogP contribution in [0.25, 0.3) is 0 Å². The van der Waals surface area contributed by atoms with Crippen molar-refractivity contribution in [2.45, 2.75) is 12.5 Å². The van der Waals surface area contributed by atoms with Gasteiger partial charge in [-0.1, -0.05) is 17.7 Å². The van der Waals surface area contributed by atoms with Crippen LogP contribution in [0.2, 0.25) is 0 Å². The molecule has 3 rings (SSSR count). The van der Waals surface area contributed by atoms with Crippen LogP contribution in [0.1, 0.15) is 5.56 Å². The Hall–Kier alpha value is -1.02. The molecule has 2 heterocycles.